The molecule has 2 aromatic rings. The molecule has 0 amide bonds. The van der Waals surface area contributed by atoms with E-state index in [1.54, 1.807) is 0 Å². The maximum absolute atomic E-state index is 3.72. The summed E-state index contributed by atoms with van der Waals surface area (Å²) in [6.45, 7) is 5.49. The molecule has 2 rings (SSSR count). The minimum absolute atomic E-state index is 0.442. The summed E-state index contributed by atoms with van der Waals surface area (Å²) < 4.78 is 1.40. The third kappa shape index (κ3) is 4.82. The Hall–Kier alpha value is -0.870. The van der Waals surface area contributed by atoms with E-state index >= 15 is 0 Å². The van der Waals surface area contributed by atoms with Gasteiger partial charge in [0.2, 0.25) is 0 Å². The van der Waals surface area contributed by atoms with Gasteiger partial charge in [0, 0.05) is 9.61 Å². The van der Waals surface area contributed by atoms with Crippen molar-refractivity contribution in [3.05, 3.63) is 68.8 Å². The smallest absolute Gasteiger partial charge is 0.0334 e. The Balaban J connectivity index is 2.12. The summed E-state index contributed by atoms with van der Waals surface area (Å²) in [5, 5.41) is 3.72. The summed E-state index contributed by atoms with van der Waals surface area (Å²) in [5.74, 6) is 0. The first-order valence-corrected chi connectivity index (χ1v) is 8.82. The molecule has 0 aromatic heterocycles. The molecule has 0 fully saturated rings. The Morgan fingerprint density at radius 3 is 2.52 bits per heavy atom. The first kappa shape index (κ1) is 16.5. The first-order valence-electron chi connectivity index (χ1n) is 7.74. The number of hydrogen-bond donors (Lipinski definition) is 1. The van der Waals surface area contributed by atoms with Gasteiger partial charge in [-0.15, -0.1) is 0 Å². The molecule has 0 radical (unpaired) electrons. The summed E-state index contributed by atoms with van der Waals surface area (Å²) in [6, 6.07) is 17.9. The highest BCUT2D eigenvalue weighted by atomic mass is 127. The molecule has 0 aliphatic carbocycles. The molecule has 0 bridgehead atoms. The lowest BCUT2D eigenvalue weighted by molar-refractivity contribution is 0.497. The molecule has 0 saturated carbocycles. The summed E-state index contributed by atoms with van der Waals surface area (Å²) >= 11 is 2.49. The summed E-state index contributed by atoms with van der Waals surface area (Å²) in [6.07, 6.45) is 3.43. The fraction of sp³-hybridized carbons (Fsp3) is 0.368. The predicted octanol–water partition coefficient (Wildman–Crippen LogP) is 5.27. The summed E-state index contributed by atoms with van der Waals surface area (Å²) in [5.41, 5.74) is 4.24. The van der Waals surface area contributed by atoms with E-state index < -0.39 is 0 Å². The van der Waals surface area contributed by atoms with Crippen molar-refractivity contribution in [2.75, 3.05) is 6.54 Å². The van der Waals surface area contributed by atoms with E-state index in [0.29, 0.717) is 6.04 Å². The number of aryl methyl sites for hydroxylation is 2. The lowest BCUT2D eigenvalue weighted by Crippen LogP contribution is -2.23. The molecule has 1 nitrogen and oxygen atoms in total. The SMILES string of the molecule is CCCNC(CCc1ccccc1)c1cccc(C)c1I. The fourth-order valence-corrected chi connectivity index (χ4v) is 3.32. The molecule has 1 N–H and O–H groups in total. The molecule has 0 saturated heterocycles. The standard InChI is InChI=1S/C19H24IN/c1-3-14-21-18(13-12-16-9-5-4-6-10-16)17-11-7-8-15(2)19(17)20/h4-11,18,21H,3,12-14H2,1-2H3. The van der Waals surface area contributed by atoms with E-state index in [4.69, 9.17) is 0 Å². The summed E-state index contributed by atoms with van der Waals surface area (Å²) in [4.78, 5) is 0. The zero-order valence-corrected chi connectivity index (χ0v) is 15.1. The number of nitrogens with one attached hydrogen (secondary N) is 1. The van der Waals surface area contributed by atoms with Gasteiger partial charge in [0.15, 0.2) is 0 Å². The van der Waals surface area contributed by atoms with Crippen LogP contribution in [-0.4, -0.2) is 6.54 Å². The summed E-state index contributed by atoms with van der Waals surface area (Å²) in [7, 11) is 0. The van der Waals surface area contributed by atoms with Crippen molar-refractivity contribution in [2.24, 2.45) is 0 Å². The molecule has 0 spiro atoms. The first-order chi connectivity index (χ1) is 10.2. The Kier molecular flexibility index (Phi) is 6.71. The van der Waals surface area contributed by atoms with Crippen LogP contribution in [0.25, 0.3) is 0 Å². The Morgan fingerprint density at radius 1 is 1.05 bits per heavy atom. The van der Waals surface area contributed by atoms with Crippen LogP contribution in [-0.2, 0) is 6.42 Å². The van der Waals surface area contributed by atoms with Crippen LogP contribution in [0.5, 0.6) is 0 Å². The minimum atomic E-state index is 0.442. The van der Waals surface area contributed by atoms with E-state index in [-0.39, 0.29) is 0 Å². The zero-order valence-electron chi connectivity index (χ0n) is 12.9. The second kappa shape index (κ2) is 8.54. The van der Waals surface area contributed by atoms with Crippen molar-refractivity contribution in [2.45, 2.75) is 39.2 Å². The van der Waals surface area contributed by atoms with Crippen LogP contribution >= 0.6 is 22.6 Å². The molecule has 0 heterocycles. The topological polar surface area (TPSA) is 12.0 Å². The molecule has 21 heavy (non-hydrogen) atoms. The van der Waals surface area contributed by atoms with Crippen molar-refractivity contribution in [1.29, 1.82) is 0 Å². The molecule has 2 aromatic carbocycles. The van der Waals surface area contributed by atoms with Gasteiger partial charge in [-0.1, -0.05) is 55.5 Å². The van der Waals surface area contributed by atoms with Crippen LogP contribution in [0.1, 0.15) is 42.5 Å². The Labute approximate surface area is 142 Å². The minimum Gasteiger partial charge on any atom is -0.310 e. The molecule has 1 unspecified atom stereocenters. The third-order valence-corrected chi connectivity index (χ3v) is 5.28. The van der Waals surface area contributed by atoms with Gasteiger partial charge in [-0.25, -0.2) is 0 Å². The molecule has 0 aliphatic rings. The van der Waals surface area contributed by atoms with Crippen molar-refractivity contribution >= 4 is 22.6 Å². The van der Waals surface area contributed by atoms with Crippen LogP contribution in [0.2, 0.25) is 0 Å². The fourth-order valence-electron chi connectivity index (χ4n) is 2.58. The van der Waals surface area contributed by atoms with E-state index in [0.717, 1.165) is 19.4 Å². The van der Waals surface area contributed by atoms with Crippen molar-refractivity contribution < 1.29 is 0 Å². The van der Waals surface area contributed by atoms with Gasteiger partial charge < -0.3 is 5.32 Å². The predicted molar refractivity (Wildman–Crippen MR) is 99.7 cm³/mol. The van der Waals surface area contributed by atoms with Crippen LogP contribution in [0, 0.1) is 10.5 Å². The number of benzene rings is 2. The molecule has 112 valence electrons. The highest BCUT2D eigenvalue weighted by Gasteiger charge is 2.14. The lowest BCUT2D eigenvalue weighted by Gasteiger charge is -2.21. The van der Waals surface area contributed by atoms with E-state index in [9.17, 15) is 0 Å². The normalized spacial score (nSPS) is 12.3. The van der Waals surface area contributed by atoms with Crippen molar-refractivity contribution in [3.8, 4) is 0 Å². The lowest BCUT2D eigenvalue weighted by atomic mass is 9.97. The average Bonchev–Trinajstić information content (AvgIpc) is 2.52. The van der Waals surface area contributed by atoms with E-state index in [1.165, 1.54) is 26.7 Å². The zero-order chi connectivity index (χ0) is 15.1. The van der Waals surface area contributed by atoms with Gasteiger partial charge >= 0.3 is 0 Å². The van der Waals surface area contributed by atoms with Gasteiger partial charge in [-0.2, -0.15) is 0 Å². The molecular weight excluding hydrogens is 369 g/mol. The van der Waals surface area contributed by atoms with Crippen LogP contribution in [0.3, 0.4) is 0 Å². The third-order valence-electron chi connectivity index (χ3n) is 3.80. The monoisotopic (exact) mass is 393 g/mol. The second-order valence-electron chi connectivity index (χ2n) is 5.51. The van der Waals surface area contributed by atoms with Crippen LogP contribution in [0.15, 0.2) is 48.5 Å². The van der Waals surface area contributed by atoms with E-state index in [1.807, 2.05) is 0 Å². The van der Waals surface area contributed by atoms with E-state index in [2.05, 4.69) is 90.3 Å². The molecule has 0 aliphatic heterocycles. The van der Waals surface area contributed by atoms with Gasteiger partial charge in [0.1, 0.15) is 0 Å². The Bertz CT molecular complexity index is 551. The quantitative estimate of drug-likeness (QED) is 0.632. The molecule has 2 heteroatoms. The number of halogens is 1. The average molecular weight is 393 g/mol. The molecule has 1 atom stereocenters. The maximum Gasteiger partial charge on any atom is 0.0334 e. The van der Waals surface area contributed by atoms with Gasteiger partial charge in [0.25, 0.3) is 0 Å². The number of rotatable bonds is 7. The number of hydrogen-bond acceptors (Lipinski definition) is 1. The Morgan fingerprint density at radius 2 is 1.81 bits per heavy atom. The van der Waals surface area contributed by atoms with Crippen LogP contribution < -0.4 is 5.32 Å². The van der Waals surface area contributed by atoms with Gasteiger partial charge in [-0.05, 0) is 72.0 Å². The van der Waals surface area contributed by atoms with Gasteiger partial charge in [0.05, 0.1) is 0 Å². The largest absolute Gasteiger partial charge is 0.310 e. The van der Waals surface area contributed by atoms with Crippen molar-refractivity contribution in [3.63, 3.8) is 0 Å². The highest BCUT2D eigenvalue weighted by molar-refractivity contribution is 14.1. The highest BCUT2D eigenvalue weighted by Crippen LogP contribution is 2.26. The van der Waals surface area contributed by atoms with Gasteiger partial charge in [-0.3, -0.25) is 0 Å². The molecular formula is C19H24IN. The maximum atomic E-state index is 3.72. The van der Waals surface area contributed by atoms with Crippen molar-refractivity contribution in [1.82, 2.24) is 5.32 Å². The second-order valence-corrected chi connectivity index (χ2v) is 6.59. The van der Waals surface area contributed by atoms with Crippen LogP contribution in [0.4, 0.5) is 0 Å².